The van der Waals surface area contributed by atoms with Gasteiger partial charge in [-0.3, -0.25) is 4.79 Å². The van der Waals surface area contributed by atoms with E-state index in [0.29, 0.717) is 12.3 Å². The predicted octanol–water partition coefficient (Wildman–Crippen LogP) is 4.55. The molecule has 1 saturated heterocycles. The highest BCUT2D eigenvalue weighted by Gasteiger charge is 2.40. The highest BCUT2D eigenvalue weighted by atomic mass is 32.2. The van der Waals surface area contributed by atoms with Crippen LogP contribution in [0.5, 0.6) is 0 Å². The highest BCUT2D eigenvalue weighted by Crippen LogP contribution is 2.32. The van der Waals surface area contributed by atoms with Gasteiger partial charge in [0.25, 0.3) is 0 Å². The van der Waals surface area contributed by atoms with Crippen molar-refractivity contribution in [3.05, 3.63) is 90.5 Å². The third kappa shape index (κ3) is 7.95. The number of carbonyl (C=O) groups excluding carboxylic acids is 1. The Labute approximate surface area is 243 Å². The number of amides is 1. The third-order valence-corrected chi connectivity index (χ3v) is 10.3. The Kier molecular flexibility index (Phi) is 10.8. The lowest BCUT2D eigenvalue weighted by Gasteiger charge is -2.27. The highest BCUT2D eigenvalue weighted by molar-refractivity contribution is 8.02. The van der Waals surface area contributed by atoms with Crippen molar-refractivity contribution in [1.29, 1.82) is 0 Å². The summed E-state index contributed by atoms with van der Waals surface area (Å²) in [5, 5.41) is 2.39. The van der Waals surface area contributed by atoms with E-state index in [2.05, 4.69) is 36.3 Å². The van der Waals surface area contributed by atoms with Gasteiger partial charge in [0.2, 0.25) is 15.9 Å². The molecule has 0 spiro atoms. The lowest BCUT2D eigenvalue weighted by Crippen LogP contribution is -2.46. The number of benzene rings is 3. The van der Waals surface area contributed by atoms with Crippen LogP contribution in [0.15, 0.2) is 89.8 Å². The standard InChI is InChI=1S/C31H40N4O3S2/c1-33(2)20-10-21-34(3)22-19-29(27-13-8-5-9-14-27)32-30(36)31-35(23-24-39-31)40(37,38)28-17-15-26(16-18-28)25-11-6-4-7-12-25/h4-9,11-18,29,31H,10,19-24H2,1-3H3,(H,32,36). The zero-order valence-electron chi connectivity index (χ0n) is 23.6. The molecule has 0 aliphatic carbocycles. The van der Waals surface area contributed by atoms with Crippen LogP contribution in [-0.2, 0) is 14.8 Å². The number of sulfonamides is 1. The zero-order valence-corrected chi connectivity index (χ0v) is 25.2. The second-order valence-electron chi connectivity index (χ2n) is 10.4. The molecule has 0 bridgehead atoms. The molecule has 3 aromatic carbocycles. The fourth-order valence-electron chi connectivity index (χ4n) is 4.86. The molecule has 1 aliphatic heterocycles. The summed E-state index contributed by atoms with van der Waals surface area (Å²) in [7, 11) is 2.41. The molecule has 1 fully saturated rings. The summed E-state index contributed by atoms with van der Waals surface area (Å²) in [6, 6.07) is 26.5. The van der Waals surface area contributed by atoms with Gasteiger partial charge in [-0.25, -0.2) is 8.42 Å². The van der Waals surface area contributed by atoms with Crippen molar-refractivity contribution in [1.82, 2.24) is 19.4 Å². The van der Waals surface area contributed by atoms with Crippen molar-refractivity contribution in [2.24, 2.45) is 0 Å². The fraction of sp³-hybridized carbons (Fsp3) is 0.387. The maximum absolute atomic E-state index is 13.6. The lowest BCUT2D eigenvalue weighted by molar-refractivity contribution is -0.123. The van der Waals surface area contributed by atoms with Crippen molar-refractivity contribution in [2.45, 2.75) is 29.2 Å². The average Bonchev–Trinajstić information content (AvgIpc) is 3.47. The van der Waals surface area contributed by atoms with Crippen LogP contribution >= 0.6 is 11.8 Å². The molecule has 4 rings (SSSR count). The van der Waals surface area contributed by atoms with E-state index in [1.807, 2.05) is 72.8 Å². The first-order valence-corrected chi connectivity index (χ1v) is 16.2. The Balaban J connectivity index is 1.45. The van der Waals surface area contributed by atoms with E-state index >= 15 is 0 Å². The van der Waals surface area contributed by atoms with Gasteiger partial charge in [0.05, 0.1) is 10.9 Å². The van der Waals surface area contributed by atoms with E-state index < -0.39 is 15.4 Å². The van der Waals surface area contributed by atoms with Gasteiger partial charge in [0.1, 0.15) is 5.37 Å². The monoisotopic (exact) mass is 580 g/mol. The van der Waals surface area contributed by atoms with Crippen molar-refractivity contribution in [3.63, 3.8) is 0 Å². The number of carbonyl (C=O) groups is 1. The first-order chi connectivity index (χ1) is 19.3. The first kappa shape index (κ1) is 30.3. The van der Waals surface area contributed by atoms with Gasteiger partial charge >= 0.3 is 0 Å². The minimum absolute atomic E-state index is 0.200. The molecule has 1 heterocycles. The molecule has 0 radical (unpaired) electrons. The Morgan fingerprint density at radius 3 is 2.17 bits per heavy atom. The average molecular weight is 581 g/mol. The van der Waals surface area contributed by atoms with E-state index in [4.69, 9.17) is 0 Å². The SMILES string of the molecule is CN(C)CCCN(C)CCC(NC(=O)C1SCCN1S(=O)(=O)c1ccc(-c2ccccc2)cc1)c1ccccc1. The Morgan fingerprint density at radius 1 is 0.900 bits per heavy atom. The van der Waals surface area contributed by atoms with Crippen LogP contribution in [0.1, 0.15) is 24.4 Å². The number of thioether (sulfide) groups is 1. The maximum Gasteiger partial charge on any atom is 0.249 e. The van der Waals surface area contributed by atoms with Gasteiger partial charge in [-0.15, -0.1) is 11.8 Å². The van der Waals surface area contributed by atoms with Crippen molar-refractivity contribution in [2.75, 3.05) is 53.1 Å². The predicted molar refractivity (Wildman–Crippen MR) is 165 cm³/mol. The second-order valence-corrected chi connectivity index (χ2v) is 13.5. The minimum Gasteiger partial charge on any atom is -0.347 e. The fourth-order valence-corrected chi connectivity index (χ4v) is 7.95. The normalized spacial score (nSPS) is 16.9. The van der Waals surface area contributed by atoms with Gasteiger partial charge < -0.3 is 15.1 Å². The zero-order chi connectivity index (χ0) is 28.5. The maximum atomic E-state index is 13.6. The molecule has 214 valence electrons. The first-order valence-electron chi connectivity index (χ1n) is 13.7. The van der Waals surface area contributed by atoms with E-state index in [9.17, 15) is 13.2 Å². The molecular weight excluding hydrogens is 541 g/mol. The van der Waals surface area contributed by atoms with Crippen LogP contribution in [0.4, 0.5) is 0 Å². The summed E-state index contributed by atoms with van der Waals surface area (Å²) in [6.07, 6.45) is 1.81. The van der Waals surface area contributed by atoms with Gasteiger partial charge in [0, 0.05) is 18.8 Å². The molecule has 9 heteroatoms. The van der Waals surface area contributed by atoms with Crippen LogP contribution < -0.4 is 5.32 Å². The number of nitrogens with one attached hydrogen (secondary N) is 1. The number of rotatable bonds is 13. The molecular formula is C31H40N4O3S2. The number of hydrogen-bond acceptors (Lipinski definition) is 6. The Bertz CT molecular complexity index is 1320. The molecule has 1 N–H and O–H groups in total. The van der Waals surface area contributed by atoms with Crippen LogP contribution in [0.3, 0.4) is 0 Å². The third-order valence-electron chi connectivity index (χ3n) is 7.10. The molecule has 2 unspecified atom stereocenters. The molecule has 3 aromatic rings. The van der Waals surface area contributed by atoms with Gasteiger partial charge in [-0.05, 0) is 75.9 Å². The van der Waals surface area contributed by atoms with Crippen LogP contribution in [0.2, 0.25) is 0 Å². The van der Waals surface area contributed by atoms with Gasteiger partial charge in [0.15, 0.2) is 0 Å². The lowest BCUT2D eigenvalue weighted by atomic mass is 10.0. The molecule has 1 amide bonds. The van der Waals surface area contributed by atoms with E-state index in [1.165, 1.54) is 16.1 Å². The Hall–Kier alpha value is -2.69. The summed E-state index contributed by atoms with van der Waals surface area (Å²) < 4.78 is 28.6. The van der Waals surface area contributed by atoms with E-state index in [-0.39, 0.29) is 16.8 Å². The number of hydrogen-bond donors (Lipinski definition) is 1. The minimum atomic E-state index is -3.84. The van der Waals surface area contributed by atoms with E-state index in [0.717, 1.165) is 49.2 Å². The largest absolute Gasteiger partial charge is 0.347 e. The molecule has 1 aliphatic rings. The topological polar surface area (TPSA) is 73.0 Å². The van der Waals surface area contributed by atoms with Gasteiger partial charge in [-0.1, -0.05) is 72.8 Å². The van der Waals surface area contributed by atoms with Crippen molar-refractivity contribution >= 4 is 27.7 Å². The Morgan fingerprint density at radius 2 is 1.52 bits per heavy atom. The van der Waals surface area contributed by atoms with E-state index in [1.54, 1.807) is 12.1 Å². The van der Waals surface area contributed by atoms with Crippen molar-refractivity contribution < 1.29 is 13.2 Å². The molecule has 0 saturated carbocycles. The molecule has 2 atom stereocenters. The summed E-state index contributed by atoms with van der Waals surface area (Å²) in [5.41, 5.74) is 2.99. The summed E-state index contributed by atoms with van der Waals surface area (Å²) in [6.45, 7) is 3.12. The molecule has 0 aromatic heterocycles. The van der Waals surface area contributed by atoms with Crippen LogP contribution in [-0.4, -0.2) is 86.9 Å². The quantitative estimate of drug-likeness (QED) is 0.320. The summed E-state index contributed by atoms with van der Waals surface area (Å²) >= 11 is 1.38. The number of nitrogens with zero attached hydrogens (tertiary/aromatic N) is 3. The second kappa shape index (κ2) is 14.3. The van der Waals surface area contributed by atoms with Crippen LogP contribution in [0, 0.1) is 0 Å². The summed E-state index contributed by atoms with van der Waals surface area (Å²) in [4.78, 5) is 18.3. The molecule has 7 nitrogen and oxygen atoms in total. The summed E-state index contributed by atoms with van der Waals surface area (Å²) in [5.74, 6) is 0.306. The molecule has 40 heavy (non-hydrogen) atoms. The van der Waals surface area contributed by atoms with Crippen molar-refractivity contribution in [3.8, 4) is 11.1 Å². The van der Waals surface area contributed by atoms with Gasteiger partial charge in [-0.2, -0.15) is 4.31 Å². The van der Waals surface area contributed by atoms with Crippen LogP contribution in [0.25, 0.3) is 11.1 Å². The smallest absolute Gasteiger partial charge is 0.249 e.